The number of hydrogen-bond acceptors (Lipinski definition) is 1. The molecule has 0 saturated heterocycles. The van der Waals surface area contributed by atoms with E-state index in [2.05, 4.69) is 31.3 Å². The lowest BCUT2D eigenvalue weighted by Crippen LogP contribution is -2.06. The van der Waals surface area contributed by atoms with Crippen LogP contribution in [0.3, 0.4) is 0 Å². The average molecular weight is 328 g/mol. The van der Waals surface area contributed by atoms with Crippen molar-refractivity contribution in [2.24, 2.45) is 0 Å². The summed E-state index contributed by atoms with van der Waals surface area (Å²) in [5.74, 6) is 0. The van der Waals surface area contributed by atoms with Crippen molar-refractivity contribution in [2.45, 2.75) is 78.1 Å². The van der Waals surface area contributed by atoms with Crippen LogP contribution in [0.4, 0.5) is 0 Å². The van der Waals surface area contributed by atoms with Gasteiger partial charge in [-0.3, -0.25) is 0 Å². The summed E-state index contributed by atoms with van der Waals surface area (Å²) in [4.78, 5) is 0. The fraction of sp³-hybridized carbons (Fsp3) is 0.700. The maximum Gasteiger partial charge on any atom is -0.00519 e. The molecule has 0 aliphatic rings. The number of hydrogen-bond donors (Lipinski definition) is 1. The molecule has 130 valence electrons. The summed E-state index contributed by atoms with van der Waals surface area (Å²) in [7, 11) is 2.04. The van der Waals surface area contributed by atoms with Crippen molar-refractivity contribution in [3.05, 3.63) is 35.9 Å². The van der Waals surface area contributed by atoms with Gasteiger partial charge in [0.1, 0.15) is 0 Å². The van der Waals surface area contributed by atoms with Gasteiger partial charge >= 0.3 is 0 Å². The van der Waals surface area contributed by atoms with E-state index in [9.17, 15) is 0 Å². The smallest absolute Gasteiger partial charge is 0.00519 e. The highest BCUT2D eigenvalue weighted by Crippen LogP contribution is 2.10. The number of benzene rings is 1. The highest BCUT2D eigenvalue weighted by molar-refractivity contribution is 5.85. The molecule has 0 amide bonds. The Morgan fingerprint density at radius 1 is 0.727 bits per heavy atom. The zero-order chi connectivity index (χ0) is 15.6. The first-order valence-corrected chi connectivity index (χ1v) is 8.97. The molecule has 0 unspecified atom stereocenters. The summed E-state index contributed by atoms with van der Waals surface area (Å²) in [5, 5.41) is 3.19. The zero-order valence-electron chi connectivity index (χ0n) is 15.1. The Bertz CT molecular complexity index is 275. The van der Waals surface area contributed by atoms with Crippen LogP contribution in [0.25, 0.3) is 0 Å². The average Bonchev–Trinajstić information content (AvgIpc) is 2.51. The van der Waals surface area contributed by atoms with Crippen LogP contribution < -0.4 is 5.32 Å². The minimum atomic E-state index is 0. The summed E-state index contributed by atoms with van der Waals surface area (Å²) in [5.41, 5.74) is 1.32. The van der Waals surface area contributed by atoms with E-state index in [0.717, 1.165) is 0 Å². The molecule has 0 spiro atoms. The van der Waals surface area contributed by atoms with Crippen LogP contribution in [0.1, 0.15) is 76.7 Å². The van der Waals surface area contributed by atoms with E-state index in [1.807, 2.05) is 25.2 Å². The Morgan fingerprint density at radius 3 is 1.55 bits per heavy atom. The largest absolute Gasteiger partial charge is 0.320 e. The monoisotopic (exact) mass is 327 g/mol. The molecule has 0 fully saturated rings. The van der Waals surface area contributed by atoms with Crippen molar-refractivity contribution in [1.29, 1.82) is 0 Å². The van der Waals surface area contributed by atoms with Crippen LogP contribution in [0.15, 0.2) is 30.3 Å². The number of rotatable bonds is 11. The maximum atomic E-state index is 3.19. The normalized spacial score (nSPS) is 9.59. The highest BCUT2D eigenvalue weighted by atomic mass is 35.5. The van der Waals surface area contributed by atoms with Gasteiger partial charge in [-0.1, -0.05) is 101 Å². The van der Waals surface area contributed by atoms with Crippen LogP contribution in [0.2, 0.25) is 0 Å². The standard InChI is InChI=1S/C13H29N.C7H8.ClH/c1-3-4-5-6-7-8-9-10-11-12-13-14-2;1-7-5-3-2-4-6-7;/h14H,3-13H2,1-2H3;2-6H,1H3;1H. The first-order valence-electron chi connectivity index (χ1n) is 8.97. The molecule has 0 radical (unpaired) electrons. The molecule has 1 rings (SSSR count). The Kier molecular flexibility index (Phi) is 22.1. The molecule has 0 atom stereocenters. The van der Waals surface area contributed by atoms with Gasteiger partial charge in [0, 0.05) is 0 Å². The third kappa shape index (κ3) is 19.5. The third-order valence-electron chi connectivity index (χ3n) is 3.72. The van der Waals surface area contributed by atoms with E-state index >= 15 is 0 Å². The molecule has 2 heteroatoms. The van der Waals surface area contributed by atoms with Gasteiger partial charge in [0.15, 0.2) is 0 Å². The van der Waals surface area contributed by atoms with Gasteiger partial charge in [-0.05, 0) is 26.9 Å². The topological polar surface area (TPSA) is 12.0 Å². The lowest BCUT2D eigenvalue weighted by molar-refractivity contribution is 0.551. The van der Waals surface area contributed by atoms with Gasteiger partial charge in [-0.25, -0.2) is 0 Å². The Labute approximate surface area is 145 Å². The summed E-state index contributed by atoms with van der Waals surface area (Å²) < 4.78 is 0. The molecule has 1 N–H and O–H groups in total. The first-order chi connectivity index (χ1) is 10.3. The number of halogens is 1. The fourth-order valence-electron chi connectivity index (χ4n) is 2.32. The van der Waals surface area contributed by atoms with E-state index in [1.54, 1.807) is 0 Å². The van der Waals surface area contributed by atoms with Crippen LogP contribution in [0, 0.1) is 6.92 Å². The van der Waals surface area contributed by atoms with Crippen molar-refractivity contribution >= 4 is 12.4 Å². The van der Waals surface area contributed by atoms with Crippen LogP contribution in [-0.2, 0) is 0 Å². The second-order valence-corrected chi connectivity index (χ2v) is 5.94. The van der Waals surface area contributed by atoms with Gasteiger partial charge in [-0.2, -0.15) is 0 Å². The number of unbranched alkanes of at least 4 members (excludes halogenated alkanes) is 9. The van der Waals surface area contributed by atoms with E-state index in [1.165, 1.54) is 76.3 Å². The third-order valence-corrected chi connectivity index (χ3v) is 3.72. The quantitative estimate of drug-likeness (QED) is 0.455. The summed E-state index contributed by atoms with van der Waals surface area (Å²) in [6.45, 7) is 5.55. The van der Waals surface area contributed by atoms with Crippen molar-refractivity contribution < 1.29 is 0 Å². The van der Waals surface area contributed by atoms with E-state index in [4.69, 9.17) is 0 Å². The molecule has 0 aliphatic heterocycles. The zero-order valence-corrected chi connectivity index (χ0v) is 15.9. The molecular weight excluding hydrogens is 290 g/mol. The molecular formula is C20H38ClN. The second kappa shape index (κ2) is 20.5. The lowest BCUT2D eigenvalue weighted by atomic mass is 10.1. The number of nitrogens with one attached hydrogen (secondary N) is 1. The van der Waals surface area contributed by atoms with Crippen LogP contribution in [-0.4, -0.2) is 13.6 Å². The molecule has 1 aromatic rings. The molecule has 1 nitrogen and oxygen atoms in total. The first kappa shape index (κ1) is 23.7. The molecule has 0 saturated carbocycles. The molecule has 0 aliphatic carbocycles. The van der Waals surface area contributed by atoms with Crippen molar-refractivity contribution in [3.63, 3.8) is 0 Å². The Hall–Kier alpha value is -0.530. The van der Waals surface area contributed by atoms with E-state index in [0.29, 0.717) is 0 Å². The molecule has 22 heavy (non-hydrogen) atoms. The van der Waals surface area contributed by atoms with Gasteiger partial charge in [0.2, 0.25) is 0 Å². The number of aryl methyl sites for hydroxylation is 1. The van der Waals surface area contributed by atoms with Crippen molar-refractivity contribution in [2.75, 3.05) is 13.6 Å². The predicted molar refractivity (Wildman–Crippen MR) is 104 cm³/mol. The molecule has 1 aromatic carbocycles. The summed E-state index contributed by atoms with van der Waals surface area (Å²) in [6.07, 6.45) is 14.3. The van der Waals surface area contributed by atoms with Gasteiger partial charge in [-0.15, -0.1) is 12.4 Å². The summed E-state index contributed by atoms with van der Waals surface area (Å²) in [6, 6.07) is 10.3. The minimum Gasteiger partial charge on any atom is -0.320 e. The van der Waals surface area contributed by atoms with Gasteiger partial charge < -0.3 is 5.32 Å². The molecule has 0 bridgehead atoms. The predicted octanol–water partition coefficient (Wildman–Crippen LogP) is 6.54. The molecule has 0 aromatic heterocycles. The summed E-state index contributed by atoms with van der Waals surface area (Å²) >= 11 is 0. The van der Waals surface area contributed by atoms with Crippen LogP contribution in [0.5, 0.6) is 0 Å². The lowest BCUT2D eigenvalue weighted by Gasteiger charge is -2.01. The maximum absolute atomic E-state index is 3.19. The fourth-order valence-corrected chi connectivity index (χ4v) is 2.32. The van der Waals surface area contributed by atoms with E-state index < -0.39 is 0 Å². The van der Waals surface area contributed by atoms with Gasteiger partial charge in [0.05, 0.1) is 0 Å². The molecule has 0 heterocycles. The second-order valence-electron chi connectivity index (χ2n) is 5.94. The Morgan fingerprint density at radius 2 is 1.18 bits per heavy atom. The van der Waals surface area contributed by atoms with E-state index in [-0.39, 0.29) is 12.4 Å². The van der Waals surface area contributed by atoms with Crippen LogP contribution >= 0.6 is 12.4 Å². The minimum absolute atomic E-state index is 0. The van der Waals surface area contributed by atoms with Gasteiger partial charge in [0.25, 0.3) is 0 Å². The SMILES string of the molecule is CCCCCCCCCCCCNC.Cc1ccccc1.Cl. The highest BCUT2D eigenvalue weighted by Gasteiger charge is 1.91. The van der Waals surface area contributed by atoms with Crippen molar-refractivity contribution in [3.8, 4) is 0 Å². The van der Waals surface area contributed by atoms with Crippen molar-refractivity contribution in [1.82, 2.24) is 5.32 Å². The Balaban J connectivity index is 0.